The fourth-order valence-electron chi connectivity index (χ4n) is 6.87. The van der Waals surface area contributed by atoms with Gasteiger partial charge in [0.2, 0.25) is 5.71 Å². The third kappa shape index (κ3) is 9.49. The van der Waals surface area contributed by atoms with E-state index >= 15 is 0 Å². The molecular weight excluding hydrogens is 857 g/mol. The largest absolute Gasteiger partial charge is 0.486 e. The molecule has 0 saturated heterocycles. The Morgan fingerprint density at radius 3 is 2.33 bits per heavy atom. The normalized spacial score (nSPS) is 15.3. The van der Waals surface area contributed by atoms with Crippen LogP contribution in [0.15, 0.2) is 108 Å². The van der Waals surface area contributed by atoms with Crippen LogP contribution in [0, 0.1) is 23.6 Å². The monoisotopic (exact) mass is 911 g/mol. The fourth-order valence-corrected chi connectivity index (χ4v) is 8.26. The van der Waals surface area contributed by atoms with Crippen LogP contribution in [0.3, 0.4) is 0 Å². The summed E-state index contributed by atoms with van der Waals surface area (Å²) < 4.78 is 41.4. The second-order valence-electron chi connectivity index (χ2n) is 15.9. The van der Waals surface area contributed by atoms with Crippen LogP contribution < -0.4 is 5.19 Å². The van der Waals surface area contributed by atoms with Gasteiger partial charge in [-0.1, -0.05) is 132 Å². The molecule has 0 atom stereocenters. The summed E-state index contributed by atoms with van der Waals surface area (Å²) in [6.07, 6.45) is 10.7. The third-order valence-electron chi connectivity index (χ3n) is 9.46. The molecule has 1 aliphatic rings. The van der Waals surface area contributed by atoms with Gasteiger partial charge in [0.1, 0.15) is 0 Å². The van der Waals surface area contributed by atoms with Crippen molar-refractivity contribution < 1.29 is 30.0 Å². The average molecular weight is 911 g/mol. The number of rotatable bonds is 7. The van der Waals surface area contributed by atoms with Crippen LogP contribution in [0.25, 0.3) is 55.8 Å². The van der Waals surface area contributed by atoms with Crippen LogP contribution in [-0.2, 0) is 32.9 Å². The number of benzene rings is 2. The topological polar surface area (TPSA) is 64.7 Å². The van der Waals surface area contributed by atoms with Gasteiger partial charge in [0.05, 0.1) is 19.4 Å². The van der Waals surface area contributed by atoms with E-state index in [-0.39, 0.29) is 26.0 Å². The Bertz CT molecular complexity index is 2490. The van der Waals surface area contributed by atoms with Crippen LogP contribution in [0.2, 0.25) is 19.6 Å². The van der Waals surface area contributed by atoms with E-state index in [0.29, 0.717) is 28.1 Å². The van der Waals surface area contributed by atoms with Crippen molar-refractivity contribution in [2.75, 3.05) is 0 Å². The molecule has 1 radical (unpaired) electrons. The van der Waals surface area contributed by atoms with Gasteiger partial charge >= 0.3 is 0 Å². The van der Waals surface area contributed by atoms with Crippen molar-refractivity contribution >= 4 is 35.3 Å². The first-order chi connectivity index (χ1) is 27.1. The maximum Gasteiger partial charge on any atom is 0.216 e. The second-order valence-corrected chi connectivity index (χ2v) is 21.0. The average Bonchev–Trinajstić information content (AvgIpc) is 3.59. The van der Waals surface area contributed by atoms with E-state index in [0.717, 1.165) is 69.7 Å². The van der Waals surface area contributed by atoms with Gasteiger partial charge in [-0.3, -0.25) is 0 Å². The minimum atomic E-state index is -1.70. The molecule has 54 heavy (non-hydrogen) atoms. The van der Waals surface area contributed by atoms with Crippen LogP contribution >= 0.6 is 0 Å². The first-order valence-corrected chi connectivity index (χ1v) is 22.2. The Morgan fingerprint density at radius 1 is 0.833 bits per heavy atom. The van der Waals surface area contributed by atoms with Crippen molar-refractivity contribution in [3.05, 3.63) is 127 Å². The van der Waals surface area contributed by atoms with Crippen LogP contribution in [0.1, 0.15) is 69.5 Å². The zero-order valence-electron chi connectivity index (χ0n) is 36.0. The van der Waals surface area contributed by atoms with E-state index in [9.17, 15) is 0 Å². The Balaban J connectivity index is 0.000000208. The number of hydrogen-bond donors (Lipinski definition) is 0. The summed E-state index contributed by atoms with van der Waals surface area (Å²) in [5.41, 5.74) is 6.88. The number of hydrogen-bond acceptors (Lipinski definition) is 5. The number of pyridine rings is 4. The van der Waals surface area contributed by atoms with Gasteiger partial charge < -0.3 is 19.4 Å². The van der Waals surface area contributed by atoms with Crippen molar-refractivity contribution in [3.8, 4) is 33.8 Å². The maximum absolute atomic E-state index is 8.86. The fraction of sp³-hybridized carbons (Fsp3) is 0.319. The summed E-state index contributed by atoms with van der Waals surface area (Å²) >= 11 is 0. The minimum absolute atomic E-state index is 0. The van der Waals surface area contributed by atoms with Crippen LogP contribution in [-0.4, -0.2) is 28.0 Å². The molecular formula is C47H50IrN4OSi-2. The molecule has 0 aliphatic heterocycles. The summed E-state index contributed by atoms with van der Waals surface area (Å²) in [4.78, 5) is 18.2. The summed E-state index contributed by atoms with van der Waals surface area (Å²) in [7, 11) is -1.70. The zero-order valence-corrected chi connectivity index (χ0v) is 35.4. The van der Waals surface area contributed by atoms with Crippen LogP contribution in [0.5, 0.6) is 0 Å². The van der Waals surface area contributed by atoms with E-state index < -0.39 is 26.2 Å². The summed E-state index contributed by atoms with van der Waals surface area (Å²) in [5, 5.41) is 2.82. The van der Waals surface area contributed by atoms with Gasteiger partial charge in [-0.25, -0.2) is 4.98 Å². The summed E-state index contributed by atoms with van der Waals surface area (Å²) in [6, 6.07) is 30.4. The van der Waals surface area contributed by atoms with E-state index in [1.54, 1.807) is 18.5 Å². The number of nitrogens with zero attached hydrogens (tertiary/aromatic N) is 4. The quantitative estimate of drug-likeness (QED) is 0.118. The van der Waals surface area contributed by atoms with Gasteiger partial charge in [-0.05, 0) is 76.6 Å². The molecule has 0 unspecified atom stereocenters. The Kier molecular flexibility index (Phi) is 10.8. The van der Waals surface area contributed by atoms with E-state index in [4.69, 9.17) is 14.9 Å². The Hall–Kier alpha value is -4.29. The van der Waals surface area contributed by atoms with Crippen molar-refractivity contribution in [2.24, 2.45) is 11.3 Å². The van der Waals surface area contributed by atoms with Gasteiger partial charge in [0.15, 0.2) is 0 Å². The second kappa shape index (κ2) is 17.0. The molecule has 279 valence electrons. The molecule has 1 aliphatic carbocycles. The van der Waals surface area contributed by atoms with Crippen molar-refractivity contribution in [1.29, 1.82) is 0 Å². The molecule has 8 rings (SSSR count). The molecule has 5 nitrogen and oxygen atoms in total. The maximum atomic E-state index is 8.86. The molecule has 1 fully saturated rings. The van der Waals surface area contributed by atoms with Crippen molar-refractivity contribution in [3.63, 3.8) is 0 Å². The van der Waals surface area contributed by atoms with E-state index in [1.165, 1.54) is 6.42 Å². The molecule has 0 spiro atoms. The standard InChI is InChI=1S/C28H24N3O.C19H26NSi.Ir/c1-3-7-19(8-4-1)15-20-13-14-30-26(16-20)24-18-29-17-23-22-11-12-25(21-9-5-2-6-10-21)31-28(22)32-27(23)24;1-19(2,3)13-16-12-17(15-10-8-7-9-11-15)20-14-18(16)21(4,5)6;/h2,5-6,9-14,16-17,19H,1,3-4,7-8,15H2;7-10,12,14H,13H2,1-6H3;/q2*-1;/i15D2;13D2;. The molecule has 1 saturated carbocycles. The molecule has 5 aromatic heterocycles. The summed E-state index contributed by atoms with van der Waals surface area (Å²) in [6.45, 7) is 12.6. The first kappa shape index (κ1) is 34.2. The van der Waals surface area contributed by atoms with Crippen molar-refractivity contribution in [2.45, 2.75) is 85.3 Å². The van der Waals surface area contributed by atoms with Gasteiger partial charge in [-0.15, -0.1) is 35.9 Å². The predicted molar refractivity (Wildman–Crippen MR) is 222 cm³/mol. The Morgan fingerprint density at radius 2 is 1.61 bits per heavy atom. The smallest absolute Gasteiger partial charge is 0.216 e. The molecule has 5 heterocycles. The third-order valence-corrected chi connectivity index (χ3v) is 11.5. The molecule has 0 N–H and O–H groups in total. The minimum Gasteiger partial charge on any atom is -0.486 e. The SMILES string of the molecule is [2H]C([2H])(c1cc(-c2[c-]cccc2)ncc1[Si](C)(C)C)C(C)(C)C.[2H]C([2H])(c1ccnc(-c2[c-]ncc3c2oc2nc(-c4ccccc4)ccc23)c1)C1CCCCC1.[Ir]. The van der Waals surface area contributed by atoms with E-state index in [1.807, 2.05) is 106 Å². The van der Waals surface area contributed by atoms with Crippen LogP contribution in [0.4, 0.5) is 0 Å². The number of aromatic nitrogens is 4. The molecule has 7 aromatic rings. The van der Waals surface area contributed by atoms with Crippen molar-refractivity contribution in [1.82, 2.24) is 19.9 Å². The summed E-state index contributed by atoms with van der Waals surface area (Å²) in [5.74, 6) is 0.0289. The molecule has 2 aromatic carbocycles. The van der Waals surface area contributed by atoms with Gasteiger partial charge in [-0.2, -0.15) is 0 Å². The van der Waals surface area contributed by atoms with E-state index in [2.05, 4.69) is 46.9 Å². The first-order valence-electron chi connectivity index (χ1n) is 20.7. The number of fused-ring (bicyclic) bond motifs is 3. The molecule has 7 heteroatoms. The van der Waals surface area contributed by atoms with Gasteiger partial charge in [0.25, 0.3) is 0 Å². The molecule has 0 amide bonds. The predicted octanol–water partition coefficient (Wildman–Crippen LogP) is 11.7. The Labute approximate surface area is 341 Å². The van der Waals surface area contributed by atoms with Gasteiger partial charge in [0, 0.05) is 48.9 Å². The zero-order chi connectivity index (χ0) is 40.6. The molecule has 0 bridgehead atoms. The number of furan rings is 1.